The Labute approximate surface area is 129 Å². The lowest BCUT2D eigenvalue weighted by molar-refractivity contribution is 0.128. The predicted molar refractivity (Wildman–Crippen MR) is 85.0 cm³/mol. The van der Waals surface area contributed by atoms with Crippen LogP contribution in [0.2, 0.25) is 0 Å². The first kappa shape index (κ1) is 12.5. The highest BCUT2D eigenvalue weighted by molar-refractivity contribution is 5.88. The van der Waals surface area contributed by atoms with Gasteiger partial charge in [-0.15, -0.1) is 0 Å². The molecule has 1 aliphatic heterocycles. The predicted octanol–water partition coefficient (Wildman–Crippen LogP) is 3.28. The van der Waals surface area contributed by atoms with Crippen LogP contribution in [0.5, 0.6) is 0 Å². The Kier molecular flexibility index (Phi) is 2.53. The first-order valence-electron chi connectivity index (χ1n) is 8.01. The SMILES string of the molecule is CN1CC(c2ccno2)C[C@@H]2c3cccc4[nH]cc(c34)C[C@H]21. The van der Waals surface area contributed by atoms with E-state index >= 15 is 0 Å². The van der Waals surface area contributed by atoms with E-state index in [1.54, 1.807) is 6.20 Å². The molecule has 0 spiro atoms. The van der Waals surface area contributed by atoms with E-state index < -0.39 is 0 Å². The molecule has 3 atom stereocenters. The van der Waals surface area contributed by atoms with Crippen LogP contribution in [0.1, 0.15) is 35.1 Å². The smallest absolute Gasteiger partial charge is 0.141 e. The van der Waals surface area contributed by atoms with Crippen LogP contribution in [0.3, 0.4) is 0 Å². The molecule has 0 bridgehead atoms. The van der Waals surface area contributed by atoms with Crippen molar-refractivity contribution in [3.8, 4) is 0 Å². The third-order valence-electron chi connectivity index (χ3n) is 5.59. The van der Waals surface area contributed by atoms with Crippen LogP contribution in [0.15, 0.2) is 41.2 Å². The Morgan fingerprint density at radius 3 is 3.14 bits per heavy atom. The minimum atomic E-state index is 0.435. The maximum Gasteiger partial charge on any atom is 0.141 e. The molecule has 5 rings (SSSR count). The lowest BCUT2D eigenvalue weighted by Crippen LogP contribution is -2.47. The van der Waals surface area contributed by atoms with Crippen LogP contribution >= 0.6 is 0 Å². The van der Waals surface area contributed by atoms with Gasteiger partial charge in [0.25, 0.3) is 0 Å². The van der Waals surface area contributed by atoms with Crippen molar-refractivity contribution in [2.24, 2.45) is 0 Å². The van der Waals surface area contributed by atoms with Crippen LogP contribution in [0, 0.1) is 0 Å². The maximum atomic E-state index is 5.45. The fourth-order valence-electron chi connectivity index (χ4n) is 4.58. The van der Waals surface area contributed by atoms with Gasteiger partial charge in [-0.2, -0.15) is 0 Å². The monoisotopic (exact) mass is 293 g/mol. The number of aromatic nitrogens is 2. The van der Waals surface area contributed by atoms with Gasteiger partial charge < -0.3 is 14.4 Å². The third-order valence-corrected chi connectivity index (χ3v) is 5.59. The number of benzene rings is 1. The molecule has 0 radical (unpaired) electrons. The van der Waals surface area contributed by atoms with E-state index in [-0.39, 0.29) is 0 Å². The van der Waals surface area contributed by atoms with Crippen LogP contribution in [0.4, 0.5) is 0 Å². The molecule has 0 amide bonds. The molecule has 1 aliphatic carbocycles. The molecule has 112 valence electrons. The van der Waals surface area contributed by atoms with Crippen LogP contribution in [-0.4, -0.2) is 34.7 Å². The van der Waals surface area contributed by atoms with E-state index in [1.807, 2.05) is 6.07 Å². The van der Waals surface area contributed by atoms with Gasteiger partial charge in [-0.25, -0.2) is 0 Å². The van der Waals surface area contributed by atoms with Crippen molar-refractivity contribution < 1.29 is 4.52 Å². The van der Waals surface area contributed by atoms with Crippen LogP contribution < -0.4 is 0 Å². The number of aromatic amines is 1. The topological polar surface area (TPSA) is 45.1 Å². The Balaban J connectivity index is 1.62. The number of H-pyrrole nitrogens is 1. The van der Waals surface area contributed by atoms with E-state index in [0.29, 0.717) is 17.9 Å². The molecule has 1 unspecified atom stereocenters. The molecule has 22 heavy (non-hydrogen) atoms. The number of nitrogens with one attached hydrogen (secondary N) is 1. The van der Waals surface area contributed by atoms with E-state index in [0.717, 1.165) is 25.1 Å². The summed E-state index contributed by atoms with van der Waals surface area (Å²) in [6.07, 6.45) is 6.24. The summed E-state index contributed by atoms with van der Waals surface area (Å²) >= 11 is 0. The summed E-state index contributed by atoms with van der Waals surface area (Å²) in [7, 11) is 2.25. The van der Waals surface area contributed by atoms with Crippen LogP contribution in [-0.2, 0) is 6.42 Å². The molecule has 2 aliphatic rings. The molecule has 4 heteroatoms. The molecule has 1 saturated heterocycles. The van der Waals surface area contributed by atoms with Crippen molar-refractivity contribution >= 4 is 10.9 Å². The molecule has 1 fully saturated rings. The third kappa shape index (κ3) is 1.64. The first-order chi connectivity index (χ1) is 10.8. The summed E-state index contributed by atoms with van der Waals surface area (Å²) in [6.45, 7) is 1.05. The number of likely N-dealkylation sites (tertiary alicyclic amines) is 1. The number of nitrogens with zero attached hydrogens (tertiary/aromatic N) is 2. The van der Waals surface area contributed by atoms with Gasteiger partial charge in [0.15, 0.2) is 0 Å². The fourth-order valence-corrected chi connectivity index (χ4v) is 4.58. The van der Waals surface area contributed by atoms with Crippen molar-refractivity contribution in [1.82, 2.24) is 15.0 Å². The van der Waals surface area contributed by atoms with Gasteiger partial charge in [0.2, 0.25) is 0 Å². The van der Waals surface area contributed by atoms with E-state index in [9.17, 15) is 0 Å². The van der Waals surface area contributed by atoms with Crippen molar-refractivity contribution in [2.75, 3.05) is 13.6 Å². The van der Waals surface area contributed by atoms with Gasteiger partial charge in [0.05, 0.1) is 6.20 Å². The highest BCUT2D eigenvalue weighted by Crippen LogP contribution is 2.46. The summed E-state index contributed by atoms with van der Waals surface area (Å²) < 4.78 is 5.45. The largest absolute Gasteiger partial charge is 0.361 e. The number of rotatable bonds is 1. The van der Waals surface area contributed by atoms with Gasteiger partial charge in [0.1, 0.15) is 5.76 Å². The minimum Gasteiger partial charge on any atom is -0.361 e. The first-order valence-corrected chi connectivity index (χ1v) is 8.01. The molecule has 4 nitrogen and oxygen atoms in total. The summed E-state index contributed by atoms with van der Waals surface area (Å²) in [6, 6.07) is 9.28. The Morgan fingerprint density at radius 1 is 1.32 bits per heavy atom. The second kappa shape index (κ2) is 4.46. The number of piperidine rings is 1. The fraction of sp³-hybridized carbons (Fsp3) is 0.389. The highest BCUT2D eigenvalue weighted by atomic mass is 16.5. The second-order valence-electron chi connectivity index (χ2n) is 6.75. The highest BCUT2D eigenvalue weighted by Gasteiger charge is 2.40. The zero-order valence-electron chi connectivity index (χ0n) is 12.6. The average Bonchev–Trinajstić information content (AvgIpc) is 3.19. The number of fused-ring (bicyclic) bond motifs is 2. The lowest BCUT2D eigenvalue weighted by Gasteiger charge is -2.45. The van der Waals surface area contributed by atoms with Crippen molar-refractivity contribution in [1.29, 1.82) is 0 Å². The van der Waals surface area contributed by atoms with E-state index in [1.165, 1.54) is 22.0 Å². The number of likely N-dealkylation sites (N-methyl/N-ethyl adjacent to an activating group) is 1. The quantitative estimate of drug-likeness (QED) is 0.749. The van der Waals surface area contributed by atoms with Gasteiger partial charge in [0, 0.05) is 47.6 Å². The Bertz CT molecular complexity index is 820. The Morgan fingerprint density at radius 2 is 2.27 bits per heavy atom. The van der Waals surface area contributed by atoms with Crippen LogP contribution in [0.25, 0.3) is 10.9 Å². The minimum absolute atomic E-state index is 0.435. The molecule has 0 saturated carbocycles. The van der Waals surface area contributed by atoms with Gasteiger partial charge in [-0.3, -0.25) is 0 Å². The summed E-state index contributed by atoms with van der Waals surface area (Å²) in [5, 5.41) is 5.35. The summed E-state index contributed by atoms with van der Waals surface area (Å²) in [5.41, 5.74) is 4.24. The van der Waals surface area contributed by atoms with E-state index in [4.69, 9.17) is 4.52 Å². The molecule has 1 aromatic carbocycles. The van der Waals surface area contributed by atoms with Gasteiger partial charge in [-0.05, 0) is 37.1 Å². The average molecular weight is 293 g/mol. The molecule has 1 N–H and O–H groups in total. The maximum absolute atomic E-state index is 5.45. The molecule has 3 aromatic rings. The van der Waals surface area contributed by atoms with Gasteiger partial charge >= 0.3 is 0 Å². The molecular formula is C18H19N3O. The van der Waals surface area contributed by atoms with Crippen molar-refractivity contribution in [2.45, 2.75) is 30.7 Å². The summed E-state index contributed by atoms with van der Waals surface area (Å²) in [4.78, 5) is 5.95. The van der Waals surface area contributed by atoms with Gasteiger partial charge in [-0.1, -0.05) is 17.3 Å². The standard InChI is InChI=1S/C18H19N3O/c1-21-10-12(17-5-6-20-22-17)7-14-13-3-2-4-15-18(13)11(9-19-15)8-16(14)21/h2-6,9,12,14,16,19H,7-8,10H2,1H3/t12?,14-,16-/m1/s1. The number of hydrogen-bond donors (Lipinski definition) is 1. The zero-order valence-corrected chi connectivity index (χ0v) is 12.6. The van der Waals surface area contributed by atoms with Crippen molar-refractivity contribution in [3.63, 3.8) is 0 Å². The van der Waals surface area contributed by atoms with E-state index in [2.05, 4.69) is 46.5 Å². The zero-order chi connectivity index (χ0) is 14.7. The lowest BCUT2D eigenvalue weighted by atomic mass is 9.72. The molecular weight excluding hydrogens is 274 g/mol. The molecule has 3 heterocycles. The van der Waals surface area contributed by atoms with Crippen molar-refractivity contribution in [3.05, 3.63) is 53.5 Å². The number of hydrogen-bond acceptors (Lipinski definition) is 3. The summed E-state index contributed by atoms with van der Waals surface area (Å²) in [5.74, 6) is 2.03. The normalized spacial score (nSPS) is 28.0. The molecule has 2 aromatic heterocycles. The second-order valence-corrected chi connectivity index (χ2v) is 6.75. The Hall–Kier alpha value is -2.07.